The maximum absolute atomic E-state index is 13.0. The van der Waals surface area contributed by atoms with Crippen molar-refractivity contribution in [3.63, 3.8) is 0 Å². The lowest BCUT2D eigenvalue weighted by atomic mass is 10.1. The maximum atomic E-state index is 13.0. The van der Waals surface area contributed by atoms with Crippen molar-refractivity contribution in [2.24, 2.45) is 0 Å². The Bertz CT molecular complexity index is 1080. The number of carbonyl (C=O) groups excluding carboxylic acids is 3. The third kappa shape index (κ3) is 6.54. The smallest absolute Gasteiger partial charge is 0.326 e. The number of aryl methyl sites for hydroxylation is 2. The van der Waals surface area contributed by atoms with E-state index < -0.39 is 18.0 Å². The van der Waals surface area contributed by atoms with E-state index in [9.17, 15) is 14.4 Å². The highest BCUT2D eigenvalue weighted by Crippen LogP contribution is 2.22. The fraction of sp³-hybridized carbons (Fsp3) is 0.192. The number of amides is 2. The van der Waals surface area contributed by atoms with E-state index in [1.54, 1.807) is 24.3 Å². The Labute approximate surface area is 187 Å². The summed E-state index contributed by atoms with van der Waals surface area (Å²) in [4.78, 5) is 37.6. The van der Waals surface area contributed by atoms with E-state index >= 15 is 0 Å². The summed E-state index contributed by atoms with van der Waals surface area (Å²) in [7, 11) is 0. The minimum absolute atomic E-state index is 0.156. The van der Waals surface area contributed by atoms with Gasteiger partial charge in [0.2, 0.25) is 12.0 Å². The average molecular weight is 431 g/mol. The molecule has 3 rings (SSSR count). The van der Waals surface area contributed by atoms with Gasteiger partial charge in [0, 0.05) is 11.3 Å². The molecule has 0 saturated carbocycles. The number of anilines is 1. The molecule has 0 radical (unpaired) electrons. The molecular formula is C26H26N2O4. The molecule has 0 fully saturated rings. The van der Waals surface area contributed by atoms with Crippen LogP contribution >= 0.6 is 0 Å². The second-order valence-corrected chi connectivity index (χ2v) is 7.53. The summed E-state index contributed by atoms with van der Waals surface area (Å²) in [6, 6.07) is 23.7. The van der Waals surface area contributed by atoms with Gasteiger partial charge in [0.05, 0.1) is 6.42 Å². The molecule has 3 aromatic carbocycles. The molecule has 1 atom stereocenters. The molecule has 6 heteroatoms. The normalized spacial score (nSPS) is 11.3. The lowest BCUT2D eigenvalue weighted by Crippen LogP contribution is -2.34. The lowest BCUT2D eigenvalue weighted by molar-refractivity contribution is -0.154. The van der Waals surface area contributed by atoms with Crippen LogP contribution in [0.5, 0.6) is 0 Å². The lowest BCUT2D eigenvalue weighted by Gasteiger charge is -2.19. The first kappa shape index (κ1) is 22.7. The van der Waals surface area contributed by atoms with E-state index in [2.05, 4.69) is 10.6 Å². The summed E-state index contributed by atoms with van der Waals surface area (Å²) in [5.74, 6) is -1.46. The number of rotatable bonds is 8. The Kier molecular flexibility index (Phi) is 7.75. The fourth-order valence-corrected chi connectivity index (χ4v) is 3.16. The summed E-state index contributed by atoms with van der Waals surface area (Å²) in [6.07, 6.45) is -0.988. The topological polar surface area (TPSA) is 84.5 Å². The van der Waals surface area contributed by atoms with Crippen LogP contribution in [0.25, 0.3) is 0 Å². The van der Waals surface area contributed by atoms with Gasteiger partial charge in [-0.05, 0) is 36.6 Å². The summed E-state index contributed by atoms with van der Waals surface area (Å²) in [5.41, 5.74) is 3.94. The van der Waals surface area contributed by atoms with E-state index in [4.69, 9.17) is 4.74 Å². The number of nitrogens with one attached hydrogen (secondary N) is 2. The predicted octanol–water partition coefficient (Wildman–Crippen LogP) is 3.89. The Morgan fingerprint density at radius 3 is 2.22 bits per heavy atom. The molecule has 0 aliphatic heterocycles. The van der Waals surface area contributed by atoms with Gasteiger partial charge < -0.3 is 15.4 Å². The Balaban J connectivity index is 1.65. The number of benzene rings is 3. The van der Waals surface area contributed by atoms with Crippen LogP contribution in [0, 0.1) is 13.8 Å². The molecule has 32 heavy (non-hydrogen) atoms. The van der Waals surface area contributed by atoms with Crippen molar-refractivity contribution in [2.75, 3.05) is 11.9 Å². The monoisotopic (exact) mass is 430 g/mol. The second-order valence-electron chi connectivity index (χ2n) is 7.53. The van der Waals surface area contributed by atoms with Crippen LogP contribution in [0.3, 0.4) is 0 Å². The third-order valence-electron chi connectivity index (χ3n) is 4.88. The summed E-state index contributed by atoms with van der Waals surface area (Å²) in [5, 5.41) is 5.40. The zero-order valence-electron chi connectivity index (χ0n) is 18.1. The molecule has 3 aromatic rings. The molecule has 1 unspecified atom stereocenters. The molecule has 0 saturated heterocycles. The number of esters is 1. The van der Waals surface area contributed by atoms with E-state index in [1.165, 1.54) is 0 Å². The molecule has 164 valence electrons. The molecule has 0 heterocycles. The highest BCUT2D eigenvalue weighted by molar-refractivity contribution is 5.97. The van der Waals surface area contributed by atoms with Crippen molar-refractivity contribution in [3.05, 3.63) is 101 Å². The first-order chi connectivity index (χ1) is 15.4. The molecule has 2 N–H and O–H groups in total. The van der Waals surface area contributed by atoms with Gasteiger partial charge in [0.15, 0.2) is 0 Å². The highest BCUT2D eigenvalue weighted by atomic mass is 16.5. The first-order valence-electron chi connectivity index (χ1n) is 10.4. The number of hydrogen-bond acceptors (Lipinski definition) is 4. The quantitative estimate of drug-likeness (QED) is 0.531. The fourth-order valence-electron chi connectivity index (χ4n) is 3.16. The van der Waals surface area contributed by atoms with Crippen LogP contribution in [-0.4, -0.2) is 24.3 Å². The van der Waals surface area contributed by atoms with Gasteiger partial charge in [0.1, 0.15) is 6.54 Å². The van der Waals surface area contributed by atoms with Crippen molar-refractivity contribution in [1.29, 1.82) is 0 Å². The van der Waals surface area contributed by atoms with Crippen LogP contribution in [0.15, 0.2) is 78.9 Å². The summed E-state index contributed by atoms with van der Waals surface area (Å²) >= 11 is 0. The maximum Gasteiger partial charge on any atom is 0.326 e. The Morgan fingerprint density at radius 2 is 1.53 bits per heavy atom. The highest BCUT2D eigenvalue weighted by Gasteiger charge is 2.25. The number of ether oxygens (including phenoxy) is 1. The van der Waals surface area contributed by atoms with Crippen molar-refractivity contribution in [2.45, 2.75) is 26.4 Å². The van der Waals surface area contributed by atoms with Crippen molar-refractivity contribution < 1.29 is 19.1 Å². The number of carbonyl (C=O) groups is 3. The van der Waals surface area contributed by atoms with Crippen LogP contribution in [-0.2, 0) is 25.5 Å². The van der Waals surface area contributed by atoms with Gasteiger partial charge in [-0.3, -0.25) is 14.4 Å². The molecule has 2 amide bonds. The Morgan fingerprint density at radius 1 is 0.875 bits per heavy atom. The average Bonchev–Trinajstić information content (AvgIpc) is 2.79. The van der Waals surface area contributed by atoms with Crippen molar-refractivity contribution in [1.82, 2.24) is 5.32 Å². The third-order valence-corrected chi connectivity index (χ3v) is 4.88. The minimum Gasteiger partial charge on any atom is -0.446 e. The van der Waals surface area contributed by atoms with Crippen LogP contribution in [0.4, 0.5) is 5.69 Å². The van der Waals surface area contributed by atoms with Crippen LogP contribution < -0.4 is 10.6 Å². The van der Waals surface area contributed by atoms with E-state index in [0.717, 1.165) is 16.7 Å². The summed E-state index contributed by atoms with van der Waals surface area (Å²) in [6.45, 7) is 3.49. The van der Waals surface area contributed by atoms with E-state index in [1.807, 2.05) is 68.4 Å². The van der Waals surface area contributed by atoms with Gasteiger partial charge >= 0.3 is 5.97 Å². The van der Waals surface area contributed by atoms with Crippen molar-refractivity contribution >= 4 is 23.5 Å². The zero-order valence-corrected chi connectivity index (χ0v) is 18.1. The SMILES string of the molecule is Cc1ccc(C)c(NC(=O)C(OC(=O)CNC(=O)Cc2ccccc2)c2ccccc2)c1. The predicted molar refractivity (Wildman–Crippen MR) is 123 cm³/mol. The first-order valence-corrected chi connectivity index (χ1v) is 10.4. The van der Waals surface area contributed by atoms with E-state index in [0.29, 0.717) is 11.3 Å². The largest absolute Gasteiger partial charge is 0.446 e. The van der Waals surface area contributed by atoms with Crippen LogP contribution in [0.2, 0.25) is 0 Å². The van der Waals surface area contributed by atoms with E-state index in [-0.39, 0.29) is 18.9 Å². The molecular weight excluding hydrogens is 404 g/mol. The zero-order chi connectivity index (χ0) is 22.9. The molecule has 0 bridgehead atoms. The van der Waals surface area contributed by atoms with Gasteiger partial charge in [-0.1, -0.05) is 72.8 Å². The Hall–Kier alpha value is -3.93. The second kappa shape index (κ2) is 10.9. The van der Waals surface area contributed by atoms with Gasteiger partial charge in [-0.2, -0.15) is 0 Å². The van der Waals surface area contributed by atoms with Gasteiger partial charge in [0.25, 0.3) is 5.91 Å². The van der Waals surface area contributed by atoms with Crippen LogP contribution in [0.1, 0.15) is 28.4 Å². The number of hydrogen-bond donors (Lipinski definition) is 2. The minimum atomic E-state index is -1.14. The van der Waals surface area contributed by atoms with Gasteiger partial charge in [-0.25, -0.2) is 0 Å². The van der Waals surface area contributed by atoms with Crippen molar-refractivity contribution in [3.8, 4) is 0 Å². The van der Waals surface area contributed by atoms with Gasteiger partial charge in [-0.15, -0.1) is 0 Å². The molecule has 0 aromatic heterocycles. The molecule has 6 nitrogen and oxygen atoms in total. The molecule has 0 aliphatic rings. The summed E-state index contributed by atoms with van der Waals surface area (Å²) < 4.78 is 5.48. The molecule has 0 aliphatic carbocycles. The standard InChI is InChI=1S/C26H26N2O4/c1-18-13-14-19(2)22(15-18)28-26(31)25(21-11-7-4-8-12-21)32-24(30)17-27-23(29)16-20-9-5-3-6-10-20/h3-15,25H,16-17H2,1-2H3,(H,27,29)(H,28,31). The molecule has 0 spiro atoms.